The molecule has 1 aromatic heterocycles. The summed E-state index contributed by atoms with van der Waals surface area (Å²) in [7, 11) is 1.86. The van der Waals surface area contributed by atoms with Crippen LogP contribution in [0.2, 0.25) is 0 Å². The minimum absolute atomic E-state index is 0.139. The summed E-state index contributed by atoms with van der Waals surface area (Å²) in [5, 5.41) is 16.0. The number of carbonyl (C=O) groups is 1. The first kappa shape index (κ1) is 17.8. The van der Waals surface area contributed by atoms with Gasteiger partial charge in [0.15, 0.2) is 0 Å². The molecular weight excluding hydrogens is 326 g/mol. The summed E-state index contributed by atoms with van der Waals surface area (Å²) in [5.41, 5.74) is 2.75. The maximum atomic E-state index is 12.4. The number of aliphatic hydroxyl groups excluding tert-OH is 1. The van der Waals surface area contributed by atoms with Gasteiger partial charge in [-0.25, -0.2) is 4.79 Å². The standard InChI is InChI=1S/C21H23N3O2/c1-24-14-8-13-18(24)19(25)15-22-21(26)23-20(16-9-4-2-5-10-16)17-11-6-3-7-12-17/h2-14,19-20,25H,15H2,1H3,(H2,22,23,26). The SMILES string of the molecule is Cn1cccc1C(O)CNC(=O)NC(c1ccccc1)c1ccccc1. The second kappa shape index (κ2) is 8.36. The minimum Gasteiger partial charge on any atom is -0.385 e. The number of hydrogen-bond donors (Lipinski definition) is 3. The van der Waals surface area contributed by atoms with Gasteiger partial charge in [0.05, 0.1) is 12.6 Å². The van der Waals surface area contributed by atoms with Gasteiger partial charge in [-0.2, -0.15) is 0 Å². The molecular formula is C21H23N3O2. The van der Waals surface area contributed by atoms with Crippen LogP contribution in [0, 0.1) is 0 Å². The number of aromatic nitrogens is 1. The van der Waals surface area contributed by atoms with Crippen molar-refractivity contribution in [2.24, 2.45) is 7.05 Å². The van der Waals surface area contributed by atoms with Crippen LogP contribution in [0.25, 0.3) is 0 Å². The van der Waals surface area contributed by atoms with Crippen molar-refractivity contribution in [3.63, 3.8) is 0 Å². The average molecular weight is 349 g/mol. The Morgan fingerprint density at radius 1 is 0.962 bits per heavy atom. The number of carbonyl (C=O) groups excluding carboxylic acids is 1. The Bertz CT molecular complexity index is 791. The molecule has 3 N–H and O–H groups in total. The number of aliphatic hydroxyl groups is 1. The van der Waals surface area contributed by atoms with E-state index >= 15 is 0 Å². The molecule has 1 atom stereocenters. The molecule has 0 aliphatic carbocycles. The van der Waals surface area contributed by atoms with E-state index in [0.29, 0.717) is 0 Å². The highest BCUT2D eigenvalue weighted by molar-refractivity contribution is 5.75. The highest BCUT2D eigenvalue weighted by Gasteiger charge is 2.17. The van der Waals surface area contributed by atoms with E-state index in [1.807, 2.05) is 90.6 Å². The molecule has 2 aromatic carbocycles. The summed E-state index contributed by atoms with van der Waals surface area (Å²) in [6.45, 7) is 0.139. The maximum Gasteiger partial charge on any atom is 0.315 e. The Hall–Kier alpha value is -3.05. The van der Waals surface area contributed by atoms with E-state index in [1.54, 1.807) is 0 Å². The Kier molecular flexibility index (Phi) is 5.71. The molecule has 0 aliphatic rings. The van der Waals surface area contributed by atoms with Crippen LogP contribution in [0.5, 0.6) is 0 Å². The van der Waals surface area contributed by atoms with Crippen LogP contribution in [0.4, 0.5) is 4.79 Å². The normalized spacial score (nSPS) is 12.0. The molecule has 2 amide bonds. The van der Waals surface area contributed by atoms with Crippen LogP contribution >= 0.6 is 0 Å². The van der Waals surface area contributed by atoms with Gasteiger partial charge in [0.1, 0.15) is 6.10 Å². The highest BCUT2D eigenvalue weighted by atomic mass is 16.3. The first-order valence-corrected chi connectivity index (χ1v) is 8.58. The largest absolute Gasteiger partial charge is 0.385 e. The quantitative estimate of drug-likeness (QED) is 0.640. The van der Waals surface area contributed by atoms with E-state index in [2.05, 4.69) is 10.6 Å². The van der Waals surface area contributed by atoms with E-state index in [9.17, 15) is 9.90 Å². The van der Waals surface area contributed by atoms with Crippen LogP contribution < -0.4 is 10.6 Å². The molecule has 134 valence electrons. The van der Waals surface area contributed by atoms with Gasteiger partial charge < -0.3 is 20.3 Å². The molecule has 1 heterocycles. The van der Waals surface area contributed by atoms with Crippen molar-refractivity contribution in [3.05, 3.63) is 95.8 Å². The van der Waals surface area contributed by atoms with Crippen molar-refractivity contribution < 1.29 is 9.90 Å². The summed E-state index contributed by atoms with van der Waals surface area (Å²) in [5.74, 6) is 0. The minimum atomic E-state index is -0.757. The Balaban J connectivity index is 1.67. The number of amides is 2. The van der Waals surface area contributed by atoms with Gasteiger partial charge in [-0.1, -0.05) is 60.7 Å². The predicted octanol–water partition coefficient (Wildman–Crippen LogP) is 3.15. The summed E-state index contributed by atoms with van der Waals surface area (Å²) in [4.78, 5) is 12.4. The molecule has 0 bridgehead atoms. The second-order valence-corrected chi connectivity index (χ2v) is 6.17. The molecule has 1 unspecified atom stereocenters. The average Bonchev–Trinajstić information content (AvgIpc) is 3.11. The lowest BCUT2D eigenvalue weighted by Gasteiger charge is -2.21. The van der Waals surface area contributed by atoms with Gasteiger partial charge in [0.2, 0.25) is 0 Å². The van der Waals surface area contributed by atoms with Crippen molar-refractivity contribution in [2.45, 2.75) is 12.1 Å². The molecule has 0 saturated carbocycles. The van der Waals surface area contributed by atoms with Crippen molar-refractivity contribution in [1.29, 1.82) is 0 Å². The summed E-state index contributed by atoms with van der Waals surface area (Å²) < 4.78 is 1.83. The third-order valence-electron chi connectivity index (χ3n) is 4.32. The number of nitrogens with one attached hydrogen (secondary N) is 2. The van der Waals surface area contributed by atoms with Crippen molar-refractivity contribution in [1.82, 2.24) is 15.2 Å². The zero-order chi connectivity index (χ0) is 18.4. The lowest BCUT2D eigenvalue weighted by Crippen LogP contribution is -2.40. The fourth-order valence-corrected chi connectivity index (χ4v) is 2.95. The zero-order valence-electron chi connectivity index (χ0n) is 14.7. The molecule has 0 radical (unpaired) electrons. The molecule has 3 aromatic rings. The molecule has 0 fully saturated rings. The van der Waals surface area contributed by atoms with Gasteiger partial charge in [0, 0.05) is 18.9 Å². The van der Waals surface area contributed by atoms with Gasteiger partial charge in [-0.15, -0.1) is 0 Å². The Labute approximate surface area is 153 Å². The third-order valence-corrected chi connectivity index (χ3v) is 4.32. The predicted molar refractivity (Wildman–Crippen MR) is 102 cm³/mol. The monoisotopic (exact) mass is 349 g/mol. The number of urea groups is 1. The molecule has 0 spiro atoms. The number of nitrogens with zero attached hydrogens (tertiary/aromatic N) is 1. The van der Waals surface area contributed by atoms with E-state index in [-0.39, 0.29) is 18.6 Å². The molecule has 5 heteroatoms. The lowest BCUT2D eigenvalue weighted by atomic mass is 9.99. The Morgan fingerprint density at radius 2 is 1.54 bits per heavy atom. The maximum absolute atomic E-state index is 12.4. The van der Waals surface area contributed by atoms with Gasteiger partial charge in [-0.3, -0.25) is 0 Å². The first-order valence-electron chi connectivity index (χ1n) is 8.58. The van der Waals surface area contributed by atoms with E-state index in [0.717, 1.165) is 16.8 Å². The molecule has 26 heavy (non-hydrogen) atoms. The van der Waals surface area contributed by atoms with Crippen molar-refractivity contribution in [3.8, 4) is 0 Å². The Morgan fingerprint density at radius 3 is 2.04 bits per heavy atom. The number of benzene rings is 2. The smallest absolute Gasteiger partial charge is 0.315 e. The highest BCUT2D eigenvalue weighted by Crippen LogP contribution is 2.21. The van der Waals surface area contributed by atoms with Crippen LogP contribution in [-0.2, 0) is 7.05 Å². The van der Waals surface area contributed by atoms with Crippen LogP contribution in [0.3, 0.4) is 0 Å². The lowest BCUT2D eigenvalue weighted by molar-refractivity contribution is 0.165. The number of aryl methyl sites for hydroxylation is 1. The second-order valence-electron chi connectivity index (χ2n) is 6.17. The molecule has 3 rings (SSSR count). The number of hydrogen-bond acceptors (Lipinski definition) is 2. The topological polar surface area (TPSA) is 66.3 Å². The number of rotatable bonds is 6. The van der Waals surface area contributed by atoms with Crippen molar-refractivity contribution in [2.75, 3.05) is 6.54 Å². The fourth-order valence-electron chi connectivity index (χ4n) is 2.95. The molecule has 0 saturated heterocycles. The molecule has 5 nitrogen and oxygen atoms in total. The van der Waals surface area contributed by atoms with E-state index < -0.39 is 6.10 Å². The van der Waals surface area contributed by atoms with Crippen LogP contribution in [0.15, 0.2) is 79.0 Å². The summed E-state index contributed by atoms with van der Waals surface area (Å²) in [6, 6.07) is 22.7. The van der Waals surface area contributed by atoms with Crippen LogP contribution in [-0.4, -0.2) is 22.2 Å². The first-order chi connectivity index (χ1) is 12.6. The van der Waals surface area contributed by atoms with Crippen LogP contribution in [0.1, 0.15) is 29.0 Å². The third kappa shape index (κ3) is 4.32. The van der Waals surface area contributed by atoms with Gasteiger partial charge in [0.25, 0.3) is 0 Å². The van der Waals surface area contributed by atoms with Gasteiger partial charge in [-0.05, 0) is 23.3 Å². The fraction of sp³-hybridized carbons (Fsp3) is 0.190. The summed E-state index contributed by atoms with van der Waals surface area (Å²) in [6.07, 6.45) is 1.10. The summed E-state index contributed by atoms with van der Waals surface area (Å²) >= 11 is 0. The van der Waals surface area contributed by atoms with Crippen molar-refractivity contribution >= 4 is 6.03 Å². The van der Waals surface area contributed by atoms with E-state index in [4.69, 9.17) is 0 Å². The van der Waals surface area contributed by atoms with Gasteiger partial charge >= 0.3 is 6.03 Å². The van der Waals surface area contributed by atoms with E-state index in [1.165, 1.54) is 0 Å². The molecule has 0 aliphatic heterocycles. The zero-order valence-corrected chi connectivity index (χ0v) is 14.7.